The number of amides is 1. The van der Waals surface area contributed by atoms with Crippen molar-refractivity contribution in [1.29, 1.82) is 0 Å². The number of hydrogen-bond donors (Lipinski definition) is 2. The molecule has 1 saturated carbocycles. The molecule has 0 aromatic carbocycles. The molecule has 3 nitrogen and oxygen atoms in total. The second kappa shape index (κ2) is 4.74. The molecule has 0 aromatic heterocycles. The molecule has 0 bridgehead atoms. The first-order valence-corrected chi connectivity index (χ1v) is 6.61. The second-order valence-corrected chi connectivity index (χ2v) is 5.99. The summed E-state index contributed by atoms with van der Waals surface area (Å²) in [4.78, 5) is 12.2. The zero-order valence-electron chi connectivity index (χ0n) is 10.5. The Morgan fingerprint density at radius 1 is 1.31 bits per heavy atom. The van der Waals surface area contributed by atoms with Crippen molar-refractivity contribution >= 4 is 5.91 Å². The Bertz CT molecular complexity index is 257. The minimum atomic E-state index is 0.201. The molecule has 2 unspecified atom stereocenters. The summed E-state index contributed by atoms with van der Waals surface area (Å²) in [6.07, 6.45) is 5.77. The topological polar surface area (TPSA) is 41.1 Å². The van der Waals surface area contributed by atoms with E-state index in [1.165, 1.54) is 19.3 Å². The molecule has 2 fully saturated rings. The molecule has 2 aliphatic rings. The Kier molecular flexibility index (Phi) is 3.53. The average Bonchev–Trinajstić information content (AvgIpc) is 2.59. The molecule has 1 aliphatic heterocycles. The molecule has 0 aromatic rings. The highest BCUT2D eigenvalue weighted by molar-refractivity contribution is 5.80. The first-order valence-electron chi connectivity index (χ1n) is 6.61. The Labute approximate surface area is 98.4 Å². The molecule has 1 amide bonds. The van der Waals surface area contributed by atoms with Crippen LogP contribution in [-0.4, -0.2) is 25.0 Å². The van der Waals surface area contributed by atoms with E-state index < -0.39 is 0 Å². The largest absolute Gasteiger partial charge is 0.352 e. The number of nitrogens with one attached hydrogen (secondary N) is 2. The van der Waals surface area contributed by atoms with Crippen LogP contribution in [0.5, 0.6) is 0 Å². The van der Waals surface area contributed by atoms with Crippen LogP contribution in [0.3, 0.4) is 0 Å². The van der Waals surface area contributed by atoms with Crippen molar-refractivity contribution in [3.8, 4) is 0 Å². The van der Waals surface area contributed by atoms with Gasteiger partial charge in [-0.2, -0.15) is 0 Å². The van der Waals surface area contributed by atoms with E-state index in [0.717, 1.165) is 25.9 Å². The summed E-state index contributed by atoms with van der Waals surface area (Å²) in [7, 11) is 0. The molecule has 3 heteroatoms. The second-order valence-electron chi connectivity index (χ2n) is 5.99. The number of carbonyl (C=O) groups excluding carboxylic acids is 1. The van der Waals surface area contributed by atoms with Gasteiger partial charge < -0.3 is 10.6 Å². The fourth-order valence-corrected chi connectivity index (χ4v) is 3.09. The molecule has 92 valence electrons. The standard InChI is InChI=1S/C13H24N2O/c1-13(2)7-3-6-11(13)12(16)15-10-5-4-8-14-9-10/h10-11,14H,3-9H2,1-2H3,(H,15,16). The molecule has 0 spiro atoms. The van der Waals surface area contributed by atoms with E-state index in [0.29, 0.717) is 6.04 Å². The molecule has 16 heavy (non-hydrogen) atoms. The Morgan fingerprint density at radius 3 is 2.69 bits per heavy atom. The summed E-state index contributed by atoms with van der Waals surface area (Å²) in [5.74, 6) is 0.519. The Balaban J connectivity index is 1.87. The van der Waals surface area contributed by atoms with E-state index >= 15 is 0 Å². The highest BCUT2D eigenvalue weighted by atomic mass is 16.2. The minimum Gasteiger partial charge on any atom is -0.352 e. The number of rotatable bonds is 2. The maximum Gasteiger partial charge on any atom is 0.223 e. The van der Waals surface area contributed by atoms with Crippen molar-refractivity contribution in [3.05, 3.63) is 0 Å². The lowest BCUT2D eigenvalue weighted by Crippen LogP contribution is -2.48. The highest BCUT2D eigenvalue weighted by Crippen LogP contribution is 2.42. The highest BCUT2D eigenvalue weighted by Gasteiger charge is 2.39. The summed E-state index contributed by atoms with van der Waals surface area (Å²) in [6, 6.07) is 0.359. The molecule has 1 saturated heterocycles. The lowest BCUT2D eigenvalue weighted by Gasteiger charge is -2.30. The van der Waals surface area contributed by atoms with E-state index in [1.54, 1.807) is 0 Å². The minimum absolute atomic E-state index is 0.201. The molecule has 1 aliphatic carbocycles. The van der Waals surface area contributed by atoms with Crippen LogP contribution in [0.25, 0.3) is 0 Å². The van der Waals surface area contributed by atoms with Crippen LogP contribution in [0, 0.1) is 11.3 Å². The maximum absolute atomic E-state index is 12.2. The van der Waals surface area contributed by atoms with E-state index in [-0.39, 0.29) is 17.2 Å². The van der Waals surface area contributed by atoms with Gasteiger partial charge in [0.25, 0.3) is 0 Å². The van der Waals surface area contributed by atoms with Gasteiger partial charge in [-0.25, -0.2) is 0 Å². The number of hydrogen-bond acceptors (Lipinski definition) is 2. The van der Waals surface area contributed by atoms with Crippen LogP contribution in [0.4, 0.5) is 0 Å². The van der Waals surface area contributed by atoms with Crippen LogP contribution < -0.4 is 10.6 Å². The summed E-state index contributed by atoms with van der Waals surface area (Å²) in [5.41, 5.74) is 0.201. The van der Waals surface area contributed by atoms with Crippen molar-refractivity contribution in [3.63, 3.8) is 0 Å². The van der Waals surface area contributed by atoms with E-state index in [2.05, 4.69) is 24.5 Å². The summed E-state index contributed by atoms with van der Waals surface area (Å²) in [5, 5.41) is 6.55. The maximum atomic E-state index is 12.2. The molecule has 0 radical (unpaired) electrons. The first kappa shape index (κ1) is 11.9. The normalized spacial score (nSPS) is 33.6. The van der Waals surface area contributed by atoms with Gasteiger partial charge in [-0.15, -0.1) is 0 Å². The van der Waals surface area contributed by atoms with Crippen LogP contribution >= 0.6 is 0 Å². The van der Waals surface area contributed by atoms with Gasteiger partial charge in [-0.1, -0.05) is 20.3 Å². The van der Waals surface area contributed by atoms with Crippen molar-refractivity contribution in [2.75, 3.05) is 13.1 Å². The lowest BCUT2D eigenvalue weighted by molar-refractivity contribution is -0.128. The molecular formula is C13H24N2O. The van der Waals surface area contributed by atoms with Crippen molar-refractivity contribution in [2.24, 2.45) is 11.3 Å². The van der Waals surface area contributed by atoms with Gasteiger partial charge in [0.05, 0.1) is 0 Å². The lowest BCUT2D eigenvalue weighted by atomic mass is 9.81. The predicted molar refractivity (Wildman–Crippen MR) is 65.2 cm³/mol. The summed E-state index contributed by atoms with van der Waals surface area (Å²) >= 11 is 0. The quantitative estimate of drug-likeness (QED) is 0.749. The average molecular weight is 224 g/mol. The van der Waals surface area contributed by atoms with Crippen molar-refractivity contribution < 1.29 is 4.79 Å². The van der Waals surface area contributed by atoms with Crippen LogP contribution in [0.2, 0.25) is 0 Å². The van der Waals surface area contributed by atoms with Crippen molar-refractivity contribution in [1.82, 2.24) is 10.6 Å². The van der Waals surface area contributed by atoms with Gasteiger partial charge in [0.1, 0.15) is 0 Å². The van der Waals surface area contributed by atoms with Gasteiger partial charge in [-0.3, -0.25) is 4.79 Å². The van der Waals surface area contributed by atoms with Crippen molar-refractivity contribution in [2.45, 2.75) is 52.0 Å². The Hall–Kier alpha value is -0.570. The summed E-state index contributed by atoms with van der Waals surface area (Å²) < 4.78 is 0. The molecule has 2 atom stereocenters. The molecule has 2 rings (SSSR count). The smallest absolute Gasteiger partial charge is 0.223 e. The predicted octanol–water partition coefficient (Wildman–Crippen LogP) is 1.68. The monoisotopic (exact) mass is 224 g/mol. The van der Waals surface area contributed by atoms with Crippen LogP contribution in [0.1, 0.15) is 46.0 Å². The van der Waals surface area contributed by atoms with E-state index in [4.69, 9.17) is 0 Å². The zero-order chi connectivity index (χ0) is 11.6. The SMILES string of the molecule is CC1(C)CCCC1C(=O)NC1CCCNC1. The third kappa shape index (κ3) is 2.57. The molecular weight excluding hydrogens is 200 g/mol. The third-order valence-corrected chi connectivity index (χ3v) is 4.22. The zero-order valence-corrected chi connectivity index (χ0v) is 10.5. The first-order chi connectivity index (χ1) is 7.59. The van der Waals surface area contributed by atoms with Gasteiger partial charge in [0.2, 0.25) is 5.91 Å². The number of piperidine rings is 1. The molecule has 2 N–H and O–H groups in total. The van der Waals surface area contributed by atoms with Crippen LogP contribution in [-0.2, 0) is 4.79 Å². The van der Waals surface area contributed by atoms with Gasteiger partial charge in [-0.05, 0) is 37.6 Å². The van der Waals surface area contributed by atoms with E-state index in [1.807, 2.05) is 0 Å². The van der Waals surface area contributed by atoms with Gasteiger partial charge in [0.15, 0.2) is 0 Å². The fraction of sp³-hybridized carbons (Fsp3) is 0.923. The van der Waals surface area contributed by atoms with Gasteiger partial charge >= 0.3 is 0 Å². The van der Waals surface area contributed by atoms with E-state index in [9.17, 15) is 4.79 Å². The fourth-order valence-electron chi connectivity index (χ4n) is 3.09. The van der Waals surface area contributed by atoms with Crippen LogP contribution in [0.15, 0.2) is 0 Å². The molecule has 1 heterocycles. The third-order valence-electron chi connectivity index (χ3n) is 4.22. The van der Waals surface area contributed by atoms with Gasteiger partial charge in [0, 0.05) is 18.5 Å². The Morgan fingerprint density at radius 2 is 2.12 bits per heavy atom. The number of carbonyl (C=O) groups is 1. The summed E-state index contributed by atoms with van der Waals surface area (Å²) in [6.45, 7) is 6.49.